The summed E-state index contributed by atoms with van der Waals surface area (Å²) in [6.45, 7) is 0. The number of hydrogen-bond donors (Lipinski definition) is 2. The molecular weight excluding hydrogens is 344 g/mol. The van der Waals surface area contributed by atoms with Gasteiger partial charge in [0.2, 0.25) is 0 Å². The zero-order chi connectivity index (χ0) is 18.2. The summed E-state index contributed by atoms with van der Waals surface area (Å²) >= 11 is 0. The first-order valence-corrected chi connectivity index (χ1v) is 9.36. The van der Waals surface area contributed by atoms with Crippen molar-refractivity contribution >= 4 is 27.5 Å². The smallest absolute Gasteiger partial charge is 0.328 e. The molecule has 2 unspecified atom stereocenters. The molecule has 0 bridgehead atoms. The van der Waals surface area contributed by atoms with E-state index in [-0.39, 0.29) is 4.90 Å². The molecule has 0 saturated carbocycles. The molecule has 3 rings (SSSR count). The first-order valence-electron chi connectivity index (χ1n) is 7.46. The van der Waals surface area contributed by atoms with E-state index in [1.165, 1.54) is 29.2 Å². The Balaban J connectivity index is 2.06. The van der Waals surface area contributed by atoms with Crippen molar-refractivity contribution in [3.8, 4) is 0 Å². The molecule has 0 spiro atoms. The highest BCUT2D eigenvalue weighted by atomic mass is 32.2. The monoisotopic (exact) mass is 360 g/mol. The average molecular weight is 360 g/mol. The number of carbonyl (C=O) groups is 2. The predicted octanol–water partition coefficient (Wildman–Crippen LogP) is 1.81. The molecule has 2 atom stereocenters. The maximum absolute atomic E-state index is 12.4. The van der Waals surface area contributed by atoms with E-state index in [1.54, 1.807) is 30.3 Å². The standard InChI is InChI=1S/C17H16N2O5S/c1-25(23,24)13-9-7-12(8-10-13)19-15(11-5-3-2-4-6-11)14(16(20)21)18-17(19)22/h2-10,14-15H,1H3,(H,18,22)(H,20,21). The Labute approximate surface area is 144 Å². The summed E-state index contributed by atoms with van der Waals surface area (Å²) in [5.41, 5.74) is 1.09. The number of rotatable bonds is 4. The van der Waals surface area contributed by atoms with Gasteiger partial charge in [-0.1, -0.05) is 30.3 Å². The second-order valence-electron chi connectivity index (χ2n) is 5.76. The van der Waals surface area contributed by atoms with Crippen LogP contribution >= 0.6 is 0 Å². The lowest BCUT2D eigenvalue weighted by Gasteiger charge is -2.25. The number of anilines is 1. The number of carboxylic acid groups (broad SMARTS) is 1. The zero-order valence-electron chi connectivity index (χ0n) is 13.3. The number of nitrogens with zero attached hydrogens (tertiary/aromatic N) is 1. The third-order valence-corrected chi connectivity index (χ3v) is 5.17. The number of amides is 2. The largest absolute Gasteiger partial charge is 0.480 e. The number of benzene rings is 2. The molecule has 0 radical (unpaired) electrons. The van der Waals surface area contributed by atoms with Crippen LogP contribution in [0.15, 0.2) is 59.5 Å². The fraction of sp³-hybridized carbons (Fsp3) is 0.176. The highest BCUT2D eigenvalue weighted by molar-refractivity contribution is 7.90. The molecular formula is C17H16N2O5S. The molecule has 1 fully saturated rings. The van der Waals surface area contributed by atoms with Crippen LogP contribution in [0.4, 0.5) is 10.5 Å². The van der Waals surface area contributed by atoms with Crippen LogP contribution in [-0.2, 0) is 14.6 Å². The van der Waals surface area contributed by atoms with Crippen molar-refractivity contribution in [1.82, 2.24) is 5.32 Å². The maximum atomic E-state index is 12.4. The van der Waals surface area contributed by atoms with Gasteiger partial charge in [-0.15, -0.1) is 0 Å². The Morgan fingerprint density at radius 3 is 2.20 bits per heavy atom. The molecule has 130 valence electrons. The number of sulfone groups is 1. The van der Waals surface area contributed by atoms with Crippen LogP contribution in [0.3, 0.4) is 0 Å². The number of carbonyl (C=O) groups excluding carboxylic acids is 1. The van der Waals surface area contributed by atoms with Gasteiger partial charge in [0.05, 0.1) is 10.9 Å². The lowest BCUT2D eigenvalue weighted by Crippen LogP contribution is -2.35. The fourth-order valence-electron chi connectivity index (χ4n) is 2.88. The third-order valence-electron chi connectivity index (χ3n) is 4.04. The number of urea groups is 1. The van der Waals surface area contributed by atoms with Crippen molar-refractivity contribution in [3.05, 3.63) is 60.2 Å². The molecule has 2 amide bonds. The number of carboxylic acids is 1. The van der Waals surface area contributed by atoms with Crippen LogP contribution in [-0.4, -0.2) is 37.8 Å². The molecule has 0 aliphatic carbocycles. The molecule has 1 aliphatic rings. The third kappa shape index (κ3) is 3.20. The summed E-state index contributed by atoms with van der Waals surface area (Å²) < 4.78 is 23.2. The highest BCUT2D eigenvalue weighted by Gasteiger charge is 2.45. The van der Waals surface area contributed by atoms with E-state index in [2.05, 4.69) is 5.32 Å². The second kappa shape index (κ2) is 6.21. The maximum Gasteiger partial charge on any atom is 0.328 e. The van der Waals surface area contributed by atoms with Crippen LogP contribution < -0.4 is 10.2 Å². The Hall–Kier alpha value is -2.87. The first kappa shape index (κ1) is 17.0. The van der Waals surface area contributed by atoms with Crippen LogP contribution in [0.5, 0.6) is 0 Å². The first-order chi connectivity index (χ1) is 11.8. The van der Waals surface area contributed by atoms with E-state index in [1.807, 2.05) is 0 Å². The summed E-state index contributed by atoms with van der Waals surface area (Å²) in [7, 11) is -3.36. The van der Waals surface area contributed by atoms with Crippen molar-refractivity contribution in [1.29, 1.82) is 0 Å². The number of aliphatic carboxylic acids is 1. The van der Waals surface area contributed by atoms with Crippen molar-refractivity contribution in [2.24, 2.45) is 0 Å². The minimum Gasteiger partial charge on any atom is -0.480 e. The van der Waals surface area contributed by atoms with Gasteiger partial charge in [-0.2, -0.15) is 0 Å². The molecule has 2 N–H and O–H groups in total. The zero-order valence-corrected chi connectivity index (χ0v) is 14.1. The van der Waals surface area contributed by atoms with Gasteiger partial charge >= 0.3 is 12.0 Å². The fourth-order valence-corrected chi connectivity index (χ4v) is 3.51. The van der Waals surface area contributed by atoms with Crippen molar-refractivity contribution in [3.63, 3.8) is 0 Å². The normalized spacial score (nSPS) is 20.4. The van der Waals surface area contributed by atoms with Gasteiger partial charge < -0.3 is 10.4 Å². The van der Waals surface area contributed by atoms with Gasteiger partial charge in [0.1, 0.15) is 0 Å². The van der Waals surface area contributed by atoms with E-state index < -0.39 is 33.9 Å². The summed E-state index contributed by atoms with van der Waals surface area (Å²) in [6.07, 6.45) is 1.10. The van der Waals surface area contributed by atoms with E-state index in [4.69, 9.17) is 0 Å². The van der Waals surface area contributed by atoms with Crippen molar-refractivity contribution < 1.29 is 23.1 Å². The van der Waals surface area contributed by atoms with Gasteiger partial charge in [0.15, 0.2) is 15.9 Å². The molecule has 1 saturated heterocycles. The van der Waals surface area contributed by atoms with E-state index in [0.717, 1.165) is 6.26 Å². The summed E-state index contributed by atoms with van der Waals surface area (Å²) in [4.78, 5) is 25.4. The lowest BCUT2D eigenvalue weighted by atomic mass is 9.99. The Kier molecular flexibility index (Phi) is 4.22. The van der Waals surface area contributed by atoms with Crippen LogP contribution in [0.25, 0.3) is 0 Å². The lowest BCUT2D eigenvalue weighted by molar-refractivity contribution is -0.139. The molecule has 1 aliphatic heterocycles. The Bertz CT molecular complexity index is 910. The van der Waals surface area contributed by atoms with Crippen LogP contribution in [0, 0.1) is 0 Å². The van der Waals surface area contributed by atoms with E-state index in [9.17, 15) is 23.1 Å². The van der Waals surface area contributed by atoms with Gasteiger partial charge in [-0.05, 0) is 29.8 Å². The predicted molar refractivity (Wildman–Crippen MR) is 91.2 cm³/mol. The minimum absolute atomic E-state index is 0.127. The second-order valence-corrected chi connectivity index (χ2v) is 7.77. The van der Waals surface area contributed by atoms with Gasteiger partial charge in [-0.25, -0.2) is 18.0 Å². The highest BCUT2D eigenvalue weighted by Crippen LogP contribution is 2.34. The Morgan fingerprint density at radius 1 is 1.08 bits per heavy atom. The van der Waals surface area contributed by atoms with E-state index in [0.29, 0.717) is 11.3 Å². The number of nitrogens with one attached hydrogen (secondary N) is 1. The molecule has 25 heavy (non-hydrogen) atoms. The summed E-state index contributed by atoms with van der Waals surface area (Å²) in [5.74, 6) is -1.14. The molecule has 0 aromatic heterocycles. The Morgan fingerprint density at radius 2 is 1.68 bits per heavy atom. The summed E-state index contributed by atoms with van der Waals surface area (Å²) in [6, 6.07) is 12.2. The minimum atomic E-state index is -3.36. The summed E-state index contributed by atoms with van der Waals surface area (Å²) in [5, 5.41) is 11.9. The van der Waals surface area contributed by atoms with Crippen molar-refractivity contribution in [2.75, 3.05) is 11.2 Å². The van der Waals surface area contributed by atoms with Crippen molar-refractivity contribution in [2.45, 2.75) is 17.0 Å². The topological polar surface area (TPSA) is 104 Å². The van der Waals surface area contributed by atoms with Gasteiger partial charge in [0, 0.05) is 11.9 Å². The quantitative estimate of drug-likeness (QED) is 0.865. The van der Waals surface area contributed by atoms with Gasteiger partial charge in [-0.3, -0.25) is 4.90 Å². The molecule has 8 heteroatoms. The molecule has 2 aromatic carbocycles. The number of hydrogen-bond acceptors (Lipinski definition) is 4. The average Bonchev–Trinajstić information content (AvgIpc) is 2.92. The SMILES string of the molecule is CS(=O)(=O)c1ccc(N2C(=O)NC(C(=O)O)C2c2ccccc2)cc1. The van der Waals surface area contributed by atoms with Crippen LogP contribution in [0.2, 0.25) is 0 Å². The molecule has 7 nitrogen and oxygen atoms in total. The van der Waals surface area contributed by atoms with Gasteiger partial charge in [0.25, 0.3) is 0 Å². The van der Waals surface area contributed by atoms with Crippen LogP contribution in [0.1, 0.15) is 11.6 Å². The molecule has 1 heterocycles. The van der Waals surface area contributed by atoms with E-state index >= 15 is 0 Å². The molecule has 2 aromatic rings.